The zero-order valence-electron chi connectivity index (χ0n) is 17.2. The van der Waals surface area contributed by atoms with Crippen LogP contribution in [0.25, 0.3) is 22.6 Å². The number of hydrogen-bond donors (Lipinski definition) is 0. The van der Waals surface area contributed by atoms with Gasteiger partial charge in [-0.3, -0.25) is 0 Å². The van der Waals surface area contributed by atoms with Crippen LogP contribution < -0.4 is 4.74 Å². The fraction of sp³-hybridized carbons (Fsp3) is 0.167. The van der Waals surface area contributed by atoms with Gasteiger partial charge in [0.05, 0.1) is 17.7 Å². The highest BCUT2D eigenvalue weighted by atomic mass is 35.5. The number of para-hydroxylation sites is 2. The summed E-state index contributed by atoms with van der Waals surface area (Å²) in [7, 11) is 0. The molecular weight excluding hydrogens is 459 g/mol. The predicted octanol–water partition coefficient (Wildman–Crippen LogP) is 6.85. The number of esters is 1. The van der Waals surface area contributed by atoms with Gasteiger partial charge in [0.2, 0.25) is 12.0 Å². The standard InChI is InChI=1S/C24H17ClF3NO4/c1-2-31-23(30)21(14-6-5-7-15(12-14)24(26,27)28)32-19-11-10-16(25)13-17(19)22-29-18-8-3-4-9-20(18)33-22/h3-13,21H,2H2,1H3. The zero-order valence-corrected chi connectivity index (χ0v) is 18.0. The number of rotatable bonds is 6. The summed E-state index contributed by atoms with van der Waals surface area (Å²) in [6.07, 6.45) is -6.05. The Morgan fingerprint density at radius 2 is 1.88 bits per heavy atom. The van der Waals surface area contributed by atoms with E-state index in [9.17, 15) is 18.0 Å². The Morgan fingerprint density at radius 3 is 2.61 bits per heavy atom. The van der Waals surface area contributed by atoms with Crippen molar-refractivity contribution in [3.63, 3.8) is 0 Å². The number of carbonyl (C=O) groups excluding carboxylic acids is 1. The summed E-state index contributed by atoms with van der Waals surface area (Å²) in [5.41, 5.74) is 0.534. The minimum absolute atomic E-state index is 0.0123. The van der Waals surface area contributed by atoms with Gasteiger partial charge in [-0.05, 0) is 49.4 Å². The molecule has 0 radical (unpaired) electrons. The molecule has 1 unspecified atom stereocenters. The second-order valence-corrected chi connectivity index (χ2v) is 7.44. The molecule has 4 rings (SSSR count). The van der Waals surface area contributed by atoms with Gasteiger partial charge in [0, 0.05) is 10.6 Å². The van der Waals surface area contributed by atoms with Crippen LogP contribution in [0.2, 0.25) is 5.02 Å². The summed E-state index contributed by atoms with van der Waals surface area (Å²) in [5, 5.41) is 0.353. The van der Waals surface area contributed by atoms with E-state index in [-0.39, 0.29) is 23.8 Å². The largest absolute Gasteiger partial charge is 0.473 e. The summed E-state index contributed by atoms with van der Waals surface area (Å²) in [6, 6.07) is 16.0. The van der Waals surface area contributed by atoms with E-state index < -0.39 is 23.8 Å². The Morgan fingerprint density at radius 1 is 1.09 bits per heavy atom. The number of hydrogen-bond acceptors (Lipinski definition) is 5. The zero-order chi connectivity index (χ0) is 23.6. The van der Waals surface area contributed by atoms with Gasteiger partial charge < -0.3 is 13.9 Å². The molecule has 0 N–H and O–H groups in total. The van der Waals surface area contributed by atoms with Crippen LogP contribution in [-0.4, -0.2) is 17.6 Å². The van der Waals surface area contributed by atoms with Crippen molar-refractivity contribution in [2.24, 2.45) is 0 Å². The van der Waals surface area contributed by atoms with E-state index in [1.54, 1.807) is 31.2 Å². The summed E-state index contributed by atoms with van der Waals surface area (Å²) < 4.78 is 56.5. The van der Waals surface area contributed by atoms with Gasteiger partial charge in [-0.25, -0.2) is 9.78 Å². The van der Waals surface area contributed by atoms with Gasteiger partial charge in [0.15, 0.2) is 5.58 Å². The fourth-order valence-electron chi connectivity index (χ4n) is 3.23. The molecule has 0 spiro atoms. The predicted molar refractivity (Wildman–Crippen MR) is 116 cm³/mol. The quantitative estimate of drug-likeness (QED) is 0.285. The number of ether oxygens (including phenoxy) is 2. The summed E-state index contributed by atoms with van der Waals surface area (Å²) >= 11 is 6.16. The van der Waals surface area contributed by atoms with Crippen molar-refractivity contribution in [2.45, 2.75) is 19.2 Å². The third-order valence-corrected chi connectivity index (χ3v) is 4.96. The number of halogens is 4. The van der Waals surface area contributed by atoms with Gasteiger partial charge in [-0.1, -0.05) is 35.9 Å². The van der Waals surface area contributed by atoms with Gasteiger partial charge in [0.25, 0.3) is 0 Å². The highest BCUT2D eigenvalue weighted by Crippen LogP contribution is 2.38. The highest BCUT2D eigenvalue weighted by molar-refractivity contribution is 6.30. The molecule has 5 nitrogen and oxygen atoms in total. The number of fused-ring (bicyclic) bond motifs is 1. The number of alkyl halides is 3. The summed E-state index contributed by atoms with van der Waals surface area (Å²) in [6.45, 7) is 1.61. The summed E-state index contributed by atoms with van der Waals surface area (Å²) in [4.78, 5) is 17.1. The van der Waals surface area contributed by atoms with Crippen LogP contribution in [0.15, 0.2) is 71.1 Å². The van der Waals surface area contributed by atoms with E-state index >= 15 is 0 Å². The SMILES string of the molecule is CCOC(=O)C(Oc1ccc(Cl)cc1-c1nc2ccccc2o1)c1cccc(C(F)(F)F)c1. The molecule has 1 heterocycles. The Balaban J connectivity index is 1.78. The fourth-order valence-corrected chi connectivity index (χ4v) is 3.41. The lowest BCUT2D eigenvalue weighted by Crippen LogP contribution is -2.22. The van der Waals surface area contributed by atoms with Crippen molar-refractivity contribution in [1.82, 2.24) is 4.98 Å². The first-order valence-corrected chi connectivity index (χ1v) is 10.3. The van der Waals surface area contributed by atoms with Crippen LogP contribution in [-0.2, 0) is 15.7 Å². The average molecular weight is 476 g/mol. The van der Waals surface area contributed by atoms with Gasteiger partial charge in [-0.15, -0.1) is 0 Å². The van der Waals surface area contributed by atoms with E-state index in [0.29, 0.717) is 21.7 Å². The smallest absolute Gasteiger partial charge is 0.416 e. The lowest BCUT2D eigenvalue weighted by Gasteiger charge is -2.20. The monoisotopic (exact) mass is 475 g/mol. The van der Waals surface area contributed by atoms with E-state index in [4.69, 9.17) is 25.5 Å². The lowest BCUT2D eigenvalue weighted by molar-refractivity contribution is -0.152. The Kier molecular flexibility index (Phi) is 6.29. The van der Waals surface area contributed by atoms with Crippen LogP contribution in [0.4, 0.5) is 13.2 Å². The van der Waals surface area contributed by atoms with E-state index in [0.717, 1.165) is 12.1 Å². The van der Waals surface area contributed by atoms with Gasteiger partial charge in [-0.2, -0.15) is 13.2 Å². The van der Waals surface area contributed by atoms with Crippen LogP contribution in [0.3, 0.4) is 0 Å². The van der Waals surface area contributed by atoms with Crippen LogP contribution in [0, 0.1) is 0 Å². The van der Waals surface area contributed by atoms with Crippen molar-refractivity contribution in [3.05, 3.63) is 82.9 Å². The molecule has 0 saturated heterocycles. The number of nitrogens with zero attached hydrogens (tertiary/aromatic N) is 1. The first kappa shape index (κ1) is 22.7. The first-order chi connectivity index (χ1) is 15.8. The first-order valence-electron chi connectivity index (χ1n) is 9.92. The van der Waals surface area contributed by atoms with Crippen LogP contribution in [0.1, 0.15) is 24.2 Å². The summed E-state index contributed by atoms with van der Waals surface area (Å²) in [5.74, 6) is -0.517. The molecule has 1 atom stereocenters. The van der Waals surface area contributed by atoms with Gasteiger partial charge >= 0.3 is 12.1 Å². The van der Waals surface area contributed by atoms with Crippen molar-refractivity contribution < 1.29 is 31.9 Å². The molecule has 3 aromatic carbocycles. The second kappa shape index (κ2) is 9.15. The number of carbonyl (C=O) groups is 1. The molecule has 0 aliphatic heterocycles. The second-order valence-electron chi connectivity index (χ2n) is 7.00. The van der Waals surface area contributed by atoms with Gasteiger partial charge in [0.1, 0.15) is 11.3 Å². The molecule has 0 amide bonds. The van der Waals surface area contributed by atoms with Crippen molar-refractivity contribution in [2.75, 3.05) is 6.61 Å². The van der Waals surface area contributed by atoms with E-state index in [1.807, 2.05) is 0 Å². The number of benzene rings is 3. The lowest BCUT2D eigenvalue weighted by atomic mass is 10.1. The Bertz CT molecular complexity index is 1270. The molecule has 1 aromatic heterocycles. The topological polar surface area (TPSA) is 61.6 Å². The molecular formula is C24H17ClF3NO4. The maximum atomic E-state index is 13.2. The third kappa shape index (κ3) is 4.96. The van der Waals surface area contributed by atoms with Crippen LogP contribution >= 0.6 is 11.6 Å². The maximum absolute atomic E-state index is 13.2. The normalized spacial score (nSPS) is 12.5. The third-order valence-electron chi connectivity index (χ3n) is 4.73. The molecule has 33 heavy (non-hydrogen) atoms. The van der Waals surface area contributed by atoms with E-state index in [2.05, 4.69) is 4.98 Å². The minimum atomic E-state index is -4.58. The van der Waals surface area contributed by atoms with Crippen molar-refractivity contribution >= 4 is 28.7 Å². The molecule has 0 aliphatic carbocycles. The molecule has 4 aromatic rings. The molecule has 170 valence electrons. The van der Waals surface area contributed by atoms with Crippen LogP contribution in [0.5, 0.6) is 5.75 Å². The minimum Gasteiger partial charge on any atom is -0.473 e. The molecule has 0 saturated carbocycles. The Labute approximate surface area is 191 Å². The molecule has 0 aliphatic rings. The van der Waals surface area contributed by atoms with Crippen molar-refractivity contribution in [1.29, 1.82) is 0 Å². The molecule has 0 bridgehead atoms. The molecule has 0 fully saturated rings. The highest BCUT2D eigenvalue weighted by Gasteiger charge is 2.33. The maximum Gasteiger partial charge on any atom is 0.416 e. The number of oxazole rings is 1. The number of aromatic nitrogens is 1. The molecule has 9 heteroatoms. The van der Waals surface area contributed by atoms with E-state index in [1.165, 1.54) is 30.3 Å². The van der Waals surface area contributed by atoms with Crippen molar-refractivity contribution in [3.8, 4) is 17.2 Å². The Hall–Kier alpha value is -3.52. The average Bonchev–Trinajstić information content (AvgIpc) is 3.22.